The van der Waals surface area contributed by atoms with Gasteiger partial charge in [-0.05, 0) is 49.2 Å². The third kappa shape index (κ3) is 4.49. The van der Waals surface area contributed by atoms with E-state index in [0.717, 1.165) is 22.6 Å². The van der Waals surface area contributed by atoms with E-state index >= 15 is 0 Å². The Morgan fingerprint density at radius 3 is 1.33 bits per heavy atom. The molecule has 4 nitrogen and oxygen atoms in total. The molecule has 2 aromatic rings. The summed E-state index contributed by atoms with van der Waals surface area (Å²) in [6, 6.07) is 16.1. The lowest BCUT2D eigenvalue weighted by molar-refractivity contribution is -0.143. The summed E-state index contributed by atoms with van der Waals surface area (Å²) < 4.78 is 22.3. The molecule has 0 saturated heterocycles. The fraction of sp³-hybridized carbons (Fsp3) is 0.400. The molecule has 0 radical (unpaired) electrons. The zero-order chi connectivity index (χ0) is 17.4. The monoisotopic (exact) mass is 330 g/mol. The summed E-state index contributed by atoms with van der Waals surface area (Å²) in [7, 11) is 3.33. The fourth-order valence-corrected chi connectivity index (χ4v) is 2.70. The van der Waals surface area contributed by atoms with Crippen molar-refractivity contribution in [3.05, 3.63) is 59.7 Å². The van der Waals surface area contributed by atoms with Crippen molar-refractivity contribution in [2.75, 3.05) is 27.4 Å². The lowest BCUT2D eigenvalue weighted by atomic mass is 9.90. The molecule has 2 rings (SSSR count). The highest BCUT2D eigenvalue weighted by atomic mass is 16.7. The second-order valence-electron chi connectivity index (χ2n) is 5.30. The van der Waals surface area contributed by atoms with Gasteiger partial charge in [-0.25, -0.2) is 0 Å². The molecule has 4 heteroatoms. The summed E-state index contributed by atoms with van der Waals surface area (Å²) in [5.41, 5.74) is 2.24. The molecule has 0 aliphatic heterocycles. The van der Waals surface area contributed by atoms with Crippen LogP contribution in [0, 0.1) is 0 Å². The lowest BCUT2D eigenvalue weighted by Crippen LogP contribution is -2.26. The molecule has 0 heterocycles. The largest absolute Gasteiger partial charge is 0.497 e. The van der Waals surface area contributed by atoms with Gasteiger partial charge >= 0.3 is 0 Å². The summed E-state index contributed by atoms with van der Waals surface area (Å²) in [6.45, 7) is 5.14. The first-order valence-electron chi connectivity index (χ1n) is 8.24. The molecule has 0 bridgehead atoms. The van der Waals surface area contributed by atoms with Gasteiger partial charge in [0.05, 0.1) is 20.1 Å². The van der Waals surface area contributed by atoms with Crippen molar-refractivity contribution in [2.45, 2.75) is 26.1 Å². The average Bonchev–Trinajstić information content (AvgIpc) is 2.63. The minimum Gasteiger partial charge on any atom is -0.497 e. The smallest absolute Gasteiger partial charge is 0.168 e. The van der Waals surface area contributed by atoms with Crippen molar-refractivity contribution >= 4 is 0 Å². The predicted octanol–water partition coefficient (Wildman–Crippen LogP) is 4.23. The first kappa shape index (κ1) is 18.3. The normalized spacial score (nSPS) is 11.1. The van der Waals surface area contributed by atoms with Crippen LogP contribution in [0.3, 0.4) is 0 Å². The van der Waals surface area contributed by atoms with E-state index in [-0.39, 0.29) is 12.2 Å². The first-order chi connectivity index (χ1) is 11.7. The zero-order valence-corrected chi connectivity index (χ0v) is 14.8. The van der Waals surface area contributed by atoms with Crippen LogP contribution in [-0.2, 0) is 9.47 Å². The van der Waals surface area contributed by atoms with Crippen LogP contribution in [0.25, 0.3) is 0 Å². The number of methoxy groups -OCH3 is 2. The van der Waals surface area contributed by atoms with Crippen LogP contribution in [0.1, 0.15) is 30.9 Å². The average molecular weight is 330 g/mol. The Bertz CT molecular complexity index is 539. The van der Waals surface area contributed by atoms with Crippen LogP contribution in [0.5, 0.6) is 11.5 Å². The molecular weight excluding hydrogens is 304 g/mol. The van der Waals surface area contributed by atoms with Gasteiger partial charge in [0.15, 0.2) is 6.29 Å². The van der Waals surface area contributed by atoms with E-state index in [1.54, 1.807) is 14.2 Å². The molecule has 130 valence electrons. The van der Waals surface area contributed by atoms with E-state index in [2.05, 4.69) is 24.3 Å². The maximum Gasteiger partial charge on any atom is 0.168 e. The van der Waals surface area contributed by atoms with Gasteiger partial charge in [-0.15, -0.1) is 0 Å². The minimum atomic E-state index is -0.346. The van der Waals surface area contributed by atoms with Crippen LogP contribution >= 0.6 is 0 Å². The second-order valence-corrected chi connectivity index (χ2v) is 5.30. The molecule has 0 atom stereocenters. The Kier molecular flexibility index (Phi) is 7.09. The highest BCUT2D eigenvalue weighted by Crippen LogP contribution is 2.32. The molecule has 0 N–H and O–H groups in total. The van der Waals surface area contributed by atoms with E-state index in [4.69, 9.17) is 18.9 Å². The molecule has 0 unspecified atom stereocenters. The molecule has 0 amide bonds. The van der Waals surface area contributed by atoms with E-state index in [1.807, 2.05) is 38.1 Å². The lowest BCUT2D eigenvalue weighted by Gasteiger charge is -2.28. The van der Waals surface area contributed by atoms with Crippen LogP contribution in [0.4, 0.5) is 0 Å². The number of rotatable bonds is 9. The topological polar surface area (TPSA) is 36.9 Å². The summed E-state index contributed by atoms with van der Waals surface area (Å²) in [5.74, 6) is 1.63. The van der Waals surface area contributed by atoms with Gasteiger partial charge < -0.3 is 18.9 Å². The summed E-state index contributed by atoms with van der Waals surface area (Å²) in [5, 5.41) is 0. The SMILES string of the molecule is CCOC(OCC)C(c1ccc(OC)cc1)c1ccc(OC)cc1. The quantitative estimate of drug-likeness (QED) is 0.645. The van der Waals surface area contributed by atoms with Crippen LogP contribution in [0.2, 0.25) is 0 Å². The van der Waals surface area contributed by atoms with E-state index < -0.39 is 0 Å². The Hall–Kier alpha value is -2.04. The first-order valence-corrected chi connectivity index (χ1v) is 8.24. The van der Waals surface area contributed by atoms with Gasteiger partial charge in [0.2, 0.25) is 0 Å². The van der Waals surface area contributed by atoms with E-state index in [0.29, 0.717) is 13.2 Å². The molecule has 24 heavy (non-hydrogen) atoms. The molecule has 0 saturated carbocycles. The molecule has 0 aliphatic rings. The van der Waals surface area contributed by atoms with Gasteiger partial charge in [-0.3, -0.25) is 0 Å². The van der Waals surface area contributed by atoms with Gasteiger partial charge in [-0.2, -0.15) is 0 Å². The summed E-state index contributed by atoms with van der Waals surface area (Å²) >= 11 is 0. The fourth-order valence-electron chi connectivity index (χ4n) is 2.70. The Labute approximate surface area is 144 Å². The van der Waals surface area contributed by atoms with Crippen LogP contribution < -0.4 is 9.47 Å². The molecule has 2 aromatic carbocycles. The summed E-state index contributed by atoms with van der Waals surface area (Å²) in [6.07, 6.45) is -0.346. The third-order valence-electron chi connectivity index (χ3n) is 3.88. The van der Waals surface area contributed by atoms with E-state index in [9.17, 15) is 0 Å². The third-order valence-corrected chi connectivity index (χ3v) is 3.88. The Morgan fingerprint density at radius 2 is 1.04 bits per heavy atom. The number of ether oxygens (including phenoxy) is 4. The highest BCUT2D eigenvalue weighted by molar-refractivity contribution is 5.39. The molecule has 0 aromatic heterocycles. The van der Waals surface area contributed by atoms with Crippen molar-refractivity contribution in [1.29, 1.82) is 0 Å². The van der Waals surface area contributed by atoms with Gasteiger partial charge in [0.1, 0.15) is 11.5 Å². The maximum absolute atomic E-state index is 5.88. The van der Waals surface area contributed by atoms with Crippen molar-refractivity contribution in [3.8, 4) is 11.5 Å². The Morgan fingerprint density at radius 1 is 0.667 bits per heavy atom. The van der Waals surface area contributed by atoms with Crippen molar-refractivity contribution in [3.63, 3.8) is 0 Å². The predicted molar refractivity (Wildman–Crippen MR) is 94.9 cm³/mol. The minimum absolute atomic E-state index is 0.0262. The highest BCUT2D eigenvalue weighted by Gasteiger charge is 2.26. The number of hydrogen-bond donors (Lipinski definition) is 0. The second kappa shape index (κ2) is 9.30. The van der Waals surface area contributed by atoms with Gasteiger partial charge in [0, 0.05) is 13.2 Å². The number of hydrogen-bond acceptors (Lipinski definition) is 4. The Balaban J connectivity index is 2.41. The van der Waals surface area contributed by atoms with Crippen molar-refractivity contribution < 1.29 is 18.9 Å². The molecular formula is C20H26O4. The number of benzene rings is 2. The van der Waals surface area contributed by atoms with Crippen LogP contribution in [0.15, 0.2) is 48.5 Å². The zero-order valence-electron chi connectivity index (χ0n) is 14.8. The summed E-state index contributed by atoms with van der Waals surface area (Å²) in [4.78, 5) is 0. The molecule has 0 fully saturated rings. The van der Waals surface area contributed by atoms with Gasteiger partial charge in [0.25, 0.3) is 0 Å². The van der Waals surface area contributed by atoms with Crippen molar-refractivity contribution in [1.82, 2.24) is 0 Å². The molecule has 0 aliphatic carbocycles. The maximum atomic E-state index is 5.88. The molecule has 0 spiro atoms. The van der Waals surface area contributed by atoms with Crippen LogP contribution in [-0.4, -0.2) is 33.7 Å². The van der Waals surface area contributed by atoms with Crippen molar-refractivity contribution in [2.24, 2.45) is 0 Å². The van der Waals surface area contributed by atoms with Gasteiger partial charge in [-0.1, -0.05) is 24.3 Å². The van der Waals surface area contributed by atoms with E-state index in [1.165, 1.54) is 0 Å². The standard InChI is InChI=1S/C20H26O4/c1-5-23-20(24-6-2)19(15-7-11-17(21-3)12-8-15)16-9-13-18(22-4)14-10-16/h7-14,19-20H,5-6H2,1-4H3.